The van der Waals surface area contributed by atoms with Crippen molar-refractivity contribution in [3.8, 4) is 5.75 Å². The molecule has 7 nitrogen and oxygen atoms in total. The largest absolute Gasteiger partial charge is 0.508 e. The topological polar surface area (TPSA) is 76.6 Å². The fourth-order valence-electron chi connectivity index (χ4n) is 6.94. The minimum atomic E-state index is 0.379. The fourth-order valence-corrected chi connectivity index (χ4v) is 6.94. The average Bonchev–Trinajstić information content (AvgIpc) is 3.49. The van der Waals surface area contributed by atoms with Crippen LogP contribution in [0.15, 0.2) is 36.5 Å². The lowest BCUT2D eigenvalue weighted by Crippen LogP contribution is -2.43. The van der Waals surface area contributed by atoms with Crippen LogP contribution in [0.4, 0.5) is 17.3 Å². The number of aromatic hydroxyl groups is 1. The van der Waals surface area contributed by atoms with Gasteiger partial charge in [-0.05, 0) is 99.7 Å². The van der Waals surface area contributed by atoms with Crippen molar-refractivity contribution in [2.45, 2.75) is 64.2 Å². The number of benzene rings is 2. The van der Waals surface area contributed by atoms with Gasteiger partial charge in [-0.2, -0.15) is 0 Å². The van der Waals surface area contributed by atoms with Crippen LogP contribution in [0, 0.1) is 12.8 Å². The van der Waals surface area contributed by atoms with Crippen LogP contribution in [0.3, 0.4) is 0 Å². The molecule has 208 valence electrons. The molecule has 0 spiro atoms. The minimum absolute atomic E-state index is 0.379. The summed E-state index contributed by atoms with van der Waals surface area (Å²) in [5.74, 6) is 2.21. The van der Waals surface area contributed by atoms with Crippen LogP contribution < -0.4 is 15.5 Å². The molecule has 0 amide bonds. The van der Waals surface area contributed by atoms with E-state index in [1.165, 1.54) is 63.8 Å². The van der Waals surface area contributed by atoms with Gasteiger partial charge in [-0.3, -0.25) is 0 Å². The molecule has 3 aliphatic rings. The quantitative estimate of drug-likeness (QED) is 0.334. The molecule has 0 atom stereocenters. The Morgan fingerprint density at radius 2 is 1.74 bits per heavy atom. The van der Waals surface area contributed by atoms with Crippen molar-refractivity contribution >= 4 is 28.2 Å². The highest BCUT2D eigenvalue weighted by Crippen LogP contribution is 2.42. The standard InChI is InChI=1S/C32H44N6O/c1-23-21-29(39)30(25-6-2-3-7-25)31-28(23)22-34-32(36-31)35-26-8-10-27(11-9-26)38-17-12-24(13-18-38)5-4-16-37-19-14-33-15-20-37/h8-11,21-22,24-25,33,39H,2-7,12-20H2,1H3,(H,34,35,36). The SMILES string of the molecule is Cc1cc(O)c(C2CCCC2)c2nc(Nc3ccc(N4CCC(CCCN5CCNCC5)CC4)cc3)ncc12. The lowest BCUT2D eigenvalue weighted by Gasteiger charge is -2.34. The number of aryl methyl sites for hydroxylation is 1. The Bertz CT molecular complexity index is 1240. The van der Waals surface area contributed by atoms with Gasteiger partial charge >= 0.3 is 0 Å². The molecule has 1 saturated carbocycles. The monoisotopic (exact) mass is 528 g/mol. The van der Waals surface area contributed by atoms with Crippen LogP contribution in [-0.4, -0.2) is 65.8 Å². The van der Waals surface area contributed by atoms with E-state index < -0.39 is 0 Å². The van der Waals surface area contributed by atoms with E-state index in [-0.39, 0.29) is 0 Å². The van der Waals surface area contributed by atoms with Crippen LogP contribution in [0.1, 0.15) is 68.4 Å². The van der Waals surface area contributed by atoms with Crippen molar-refractivity contribution in [2.75, 3.05) is 56.0 Å². The molecule has 1 aliphatic carbocycles. The number of aromatic nitrogens is 2. The molecule has 3 aromatic rings. The number of piperazine rings is 1. The van der Waals surface area contributed by atoms with Crippen molar-refractivity contribution in [1.29, 1.82) is 0 Å². The van der Waals surface area contributed by atoms with Crippen LogP contribution in [-0.2, 0) is 0 Å². The second kappa shape index (κ2) is 12.1. The average molecular weight is 529 g/mol. The summed E-state index contributed by atoms with van der Waals surface area (Å²) in [6, 6.07) is 10.6. The number of phenols is 1. The zero-order valence-corrected chi connectivity index (χ0v) is 23.5. The molecule has 7 heteroatoms. The maximum absolute atomic E-state index is 10.8. The molecule has 0 radical (unpaired) electrons. The first-order valence-corrected chi connectivity index (χ1v) is 15.2. The second-order valence-corrected chi connectivity index (χ2v) is 11.9. The maximum Gasteiger partial charge on any atom is 0.227 e. The van der Waals surface area contributed by atoms with Gasteiger partial charge in [0.05, 0.1) is 5.52 Å². The fraction of sp³-hybridized carbons (Fsp3) is 0.562. The summed E-state index contributed by atoms with van der Waals surface area (Å²) in [6.45, 7) is 10.3. The van der Waals surface area contributed by atoms with E-state index in [0.29, 0.717) is 17.6 Å². The zero-order chi connectivity index (χ0) is 26.6. The first-order valence-electron chi connectivity index (χ1n) is 15.2. The molecule has 6 rings (SSSR count). The van der Waals surface area contributed by atoms with Crippen molar-refractivity contribution in [3.05, 3.63) is 47.7 Å². The number of nitrogens with zero attached hydrogens (tertiary/aromatic N) is 4. The van der Waals surface area contributed by atoms with Crippen LogP contribution in [0.2, 0.25) is 0 Å². The van der Waals surface area contributed by atoms with Crippen LogP contribution in [0.25, 0.3) is 10.9 Å². The summed E-state index contributed by atoms with van der Waals surface area (Å²) in [5.41, 5.74) is 5.19. The number of hydrogen-bond donors (Lipinski definition) is 3. The van der Waals surface area contributed by atoms with Gasteiger partial charge in [-0.15, -0.1) is 0 Å². The molecule has 0 bridgehead atoms. The number of hydrogen-bond acceptors (Lipinski definition) is 7. The highest BCUT2D eigenvalue weighted by Gasteiger charge is 2.25. The predicted octanol–water partition coefficient (Wildman–Crippen LogP) is 5.95. The molecule has 3 fully saturated rings. The molecule has 0 unspecified atom stereocenters. The number of fused-ring (bicyclic) bond motifs is 1. The summed E-state index contributed by atoms with van der Waals surface area (Å²) in [7, 11) is 0. The molecule has 3 N–H and O–H groups in total. The molecule has 2 aliphatic heterocycles. The summed E-state index contributed by atoms with van der Waals surface area (Å²) >= 11 is 0. The highest BCUT2D eigenvalue weighted by atomic mass is 16.3. The Hall–Kier alpha value is -2.90. The van der Waals surface area contributed by atoms with Gasteiger partial charge in [-0.1, -0.05) is 12.8 Å². The van der Waals surface area contributed by atoms with E-state index in [9.17, 15) is 5.11 Å². The van der Waals surface area contributed by atoms with Crippen molar-refractivity contribution in [3.63, 3.8) is 0 Å². The maximum atomic E-state index is 10.8. The van der Waals surface area contributed by atoms with Gasteiger partial charge in [0, 0.05) is 67.8 Å². The third-order valence-electron chi connectivity index (χ3n) is 9.26. The number of piperidine rings is 1. The van der Waals surface area contributed by atoms with E-state index in [1.54, 1.807) is 0 Å². The third-order valence-corrected chi connectivity index (χ3v) is 9.26. The van der Waals surface area contributed by atoms with Gasteiger partial charge < -0.3 is 25.5 Å². The first-order chi connectivity index (χ1) is 19.1. The smallest absolute Gasteiger partial charge is 0.227 e. The summed E-state index contributed by atoms with van der Waals surface area (Å²) < 4.78 is 0. The Morgan fingerprint density at radius 3 is 2.49 bits per heavy atom. The number of anilines is 3. The van der Waals surface area contributed by atoms with Crippen LogP contribution in [0.5, 0.6) is 5.75 Å². The summed E-state index contributed by atoms with van der Waals surface area (Å²) in [6.07, 6.45) is 11.9. The van der Waals surface area contributed by atoms with E-state index in [2.05, 4.69) is 49.7 Å². The molecule has 1 aromatic heterocycles. The number of phenolic OH excluding ortho intramolecular Hbond substituents is 1. The van der Waals surface area contributed by atoms with Crippen molar-refractivity contribution in [2.24, 2.45) is 5.92 Å². The Kier molecular flexibility index (Phi) is 8.16. The van der Waals surface area contributed by atoms with Crippen molar-refractivity contribution in [1.82, 2.24) is 20.2 Å². The lowest BCUT2D eigenvalue weighted by molar-refractivity contribution is 0.227. The molecule has 39 heavy (non-hydrogen) atoms. The van der Waals surface area contributed by atoms with E-state index in [1.807, 2.05) is 19.2 Å². The Balaban J connectivity index is 1.06. The predicted molar refractivity (Wildman–Crippen MR) is 160 cm³/mol. The summed E-state index contributed by atoms with van der Waals surface area (Å²) in [5, 5.41) is 18.7. The molecular weight excluding hydrogens is 484 g/mol. The molecular formula is C32H44N6O. The normalized spacial score (nSPS) is 19.7. The van der Waals surface area contributed by atoms with Gasteiger partial charge in [0.15, 0.2) is 0 Å². The molecule has 3 heterocycles. The highest BCUT2D eigenvalue weighted by molar-refractivity contribution is 5.88. The van der Waals surface area contributed by atoms with Gasteiger partial charge in [-0.25, -0.2) is 9.97 Å². The van der Waals surface area contributed by atoms with Crippen LogP contribution >= 0.6 is 0 Å². The van der Waals surface area contributed by atoms with Crippen molar-refractivity contribution < 1.29 is 5.11 Å². The minimum Gasteiger partial charge on any atom is -0.508 e. The summed E-state index contributed by atoms with van der Waals surface area (Å²) in [4.78, 5) is 14.7. The first kappa shape index (κ1) is 26.3. The molecule has 2 saturated heterocycles. The van der Waals surface area contributed by atoms with Gasteiger partial charge in [0.1, 0.15) is 5.75 Å². The van der Waals surface area contributed by atoms with E-state index >= 15 is 0 Å². The Morgan fingerprint density at radius 1 is 1.00 bits per heavy atom. The number of nitrogens with one attached hydrogen (secondary N) is 2. The second-order valence-electron chi connectivity index (χ2n) is 11.9. The van der Waals surface area contributed by atoms with Gasteiger partial charge in [0.2, 0.25) is 5.95 Å². The van der Waals surface area contributed by atoms with E-state index in [4.69, 9.17) is 4.98 Å². The zero-order valence-electron chi connectivity index (χ0n) is 23.5. The molecule has 2 aromatic carbocycles. The Labute approximate surface area is 233 Å². The number of rotatable bonds is 8. The van der Waals surface area contributed by atoms with Gasteiger partial charge in [0.25, 0.3) is 0 Å². The lowest BCUT2D eigenvalue weighted by atomic mass is 9.92. The third kappa shape index (κ3) is 6.15. The van der Waals surface area contributed by atoms with E-state index in [0.717, 1.165) is 72.7 Å².